The zero-order chi connectivity index (χ0) is 19.9. The van der Waals surface area contributed by atoms with Crippen LogP contribution in [-0.2, 0) is 0 Å². The van der Waals surface area contributed by atoms with Crippen molar-refractivity contribution in [1.82, 2.24) is 0 Å². The molecule has 6 heteroatoms. The minimum absolute atomic E-state index is 0.0746. The molecule has 0 radical (unpaired) electrons. The number of nitrogens with one attached hydrogen (secondary N) is 1. The maximum Gasteiger partial charge on any atom is 0.259 e. The van der Waals surface area contributed by atoms with E-state index in [0.717, 1.165) is 30.0 Å². The molecule has 3 rings (SSSR count). The number of nitrogens with two attached hydrogens (primary N) is 1. The van der Waals surface area contributed by atoms with Crippen molar-refractivity contribution < 1.29 is 14.6 Å². The third-order valence-corrected chi connectivity index (χ3v) is 4.64. The quantitative estimate of drug-likeness (QED) is 0.468. The van der Waals surface area contributed by atoms with E-state index in [1.807, 2.05) is 24.3 Å². The molecule has 4 N–H and O–H groups in total. The van der Waals surface area contributed by atoms with Gasteiger partial charge in [-0.05, 0) is 60.8 Å². The number of aromatic hydroxyl groups is 1. The molecule has 5 nitrogen and oxygen atoms in total. The fourth-order valence-corrected chi connectivity index (χ4v) is 3.09. The number of hydrogen-bond acceptors (Lipinski definition) is 4. The summed E-state index contributed by atoms with van der Waals surface area (Å²) in [5, 5.41) is 15.3. The molecule has 0 saturated heterocycles. The number of halogens is 1. The van der Waals surface area contributed by atoms with Crippen LogP contribution in [0.25, 0.3) is 10.8 Å². The molecule has 3 aromatic rings. The highest BCUT2D eigenvalue weighted by Crippen LogP contribution is 2.31. The first-order valence-electron chi connectivity index (χ1n) is 9.24. The van der Waals surface area contributed by atoms with Crippen LogP contribution in [0.5, 0.6) is 11.5 Å². The van der Waals surface area contributed by atoms with E-state index in [0.29, 0.717) is 29.6 Å². The van der Waals surface area contributed by atoms with Gasteiger partial charge in [-0.25, -0.2) is 0 Å². The zero-order valence-electron chi connectivity index (χ0n) is 15.5. The highest BCUT2D eigenvalue weighted by atomic mass is 35.5. The van der Waals surface area contributed by atoms with Crippen LogP contribution in [0.15, 0.2) is 54.6 Å². The number of fused-ring (bicyclic) bond motifs is 1. The van der Waals surface area contributed by atoms with Gasteiger partial charge in [0.15, 0.2) is 0 Å². The third-order valence-electron chi connectivity index (χ3n) is 4.41. The van der Waals surface area contributed by atoms with Crippen molar-refractivity contribution in [3.63, 3.8) is 0 Å². The Morgan fingerprint density at radius 2 is 1.79 bits per heavy atom. The molecule has 0 aliphatic rings. The number of amides is 1. The van der Waals surface area contributed by atoms with Gasteiger partial charge in [-0.1, -0.05) is 35.9 Å². The lowest BCUT2D eigenvalue weighted by atomic mass is 10.1. The number of rotatable bonds is 8. The molecule has 0 saturated carbocycles. The Hall–Kier alpha value is -2.76. The highest BCUT2D eigenvalue weighted by Gasteiger charge is 2.15. The molecule has 28 heavy (non-hydrogen) atoms. The zero-order valence-corrected chi connectivity index (χ0v) is 16.2. The van der Waals surface area contributed by atoms with Crippen LogP contribution in [-0.4, -0.2) is 24.2 Å². The maximum absolute atomic E-state index is 12.8. The Balaban J connectivity index is 1.77. The lowest BCUT2D eigenvalue weighted by Crippen LogP contribution is -2.13. The molecular weight excluding hydrogens is 376 g/mol. The van der Waals surface area contributed by atoms with Crippen LogP contribution in [0, 0.1) is 0 Å². The average molecular weight is 399 g/mol. The first-order valence-corrected chi connectivity index (χ1v) is 9.62. The van der Waals surface area contributed by atoms with Gasteiger partial charge in [0.05, 0.1) is 17.9 Å². The van der Waals surface area contributed by atoms with Gasteiger partial charge in [0.1, 0.15) is 11.5 Å². The van der Waals surface area contributed by atoms with Crippen molar-refractivity contribution in [2.45, 2.75) is 19.3 Å². The normalized spacial score (nSPS) is 10.8. The van der Waals surface area contributed by atoms with Crippen molar-refractivity contribution in [3.8, 4) is 11.5 Å². The monoisotopic (exact) mass is 398 g/mol. The molecular formula is C22H23ClN2O3. The minimum Gasteiger partial charge on any atom is -0.507 e. The number of carbonyl (C=O) groups is 1. The summed E-state index contributed by atoms with van der Waals surface area (Å²) in [6.07, 6.45) is 2.79. The second kappa shape index (κ2) is 9.44. The van der Waals surface area contributed by atoms with Crippen molar-refractivity contribution in [1.29, 1.82) is 0 Å². The molecule has 0 bridgehead atoms. The first-order chi connectivity index (χ1) is 13.6. The van der Waals surface area contributed by atoms with E-state index in [4.69, 9.17) is 22.1 Å². The molecule has 0 aliphatic carbocycles. The number of unbranched alkanes of at least 4 members (excludes halogenated alkanes) is 2. The van der Waals surface area contributed by atoms with E-state index in [2.05, 4.69) is 5.32 Å². The smallest absolute Gasteiger partial charge is 0.259 e. The second-order valence-electron chi connectivity index (χ2n) is 6.51. The summed E-state index contributed by atoms with van der Waals surface area (Å²) in [6.45, 7) is 1.16. The van der Waals surface area contributed by atoms with E-state index in [-0.39, 0.29) is 11.3 Å². The topological polar surface area (TPSA) is 84.6 Å². The number of phenolic OH excluding ortho intramolecular Hbond substituents is 1. The van der Waals surface area contributed by atoms with E-state index in [9.17, 15) is 9.90 Å². The van der Waals surface area contributed by atoms with Crippen LogP contribution in [0.4, 0.5) is 5.69 Å². The molecule has 0 unspecified atom stereocenters. The number of carbonyl (C=O) groups excluding carboxylic acids is 1. The van der Waals surface area contributed by atoms with Crippen molar-refractivity contribution in [2.75, 3.05) is 18.5 Å². The number of ether oxygens (including phenoxy) is 1. The van der Waals surface area contributed by atoms with Gasteiger partial charge in [0.25, 0.3) is 5.91 Å². The van der Waals surface area contributed by atoms with Crippen LogP contribution in [0.1, 0.15) is 29.6 Å². The predicted octanol–water partition coefficient (Wildman–Crippen LogP) is 4.96. The summed E-state index contributed by atoms with van der Waals surface area (Å²) in [4.78, 5) is 12.8. The number of anilines is 1. The Bertz CT molecular complexity index is 975. The summed E-state index contributed by atoms with van der Waals surface area (Å²) in [5.41, 5.74) is 6.19. The summed E-state index contributed by atoms with van der Waals surface area (Å²) in [5.74, 6) is 0.00171. The number of hydrogen-bond donors (Lipinski definition) is 3. The molecule has 0 aliphatic heterocycles. The Kier molecular flexibility index (Phi) is 6.74. The number of phenols is 1. The SMILES string of the molecule is NCCCCCOc1cc(Cl)ccc1NC(=O)c1cc2ccccc2cc1O. The second-order valence-corrected chi connectivity index (χ2v) is 6.95. The van der Waals surface area contributed by atoms with E-state index >= 15 is 0 Å². The van der Waals surface area contributed by atoms with E-state index in [1.54, 1.807) is 30.3 Å². The van der Waals surface area contributed by atoms with Crippen LogP contribution in [0.2, 0.25) is 5.02 Å². The molecule has 1 amide bonds. The molecule has 0 atom stereocenters. The predicted molar refractivity (Wildman–Crippen MR) is 113 cm³/mol. The fourth-order valence-electron chi connectivity index (χ4n) is 2.92. The van der Waals surface area contributed by atoms with E-state index < -0.39 is 5.91 Å². The Morgan fingerprint density at radius 3 is 2.54 bits per heavy atom. The number of benzene rings is 3. The molecule has 0 spiro atoms. The summed E-state index contributed by atoms with van der Waals surface area (Å²) in [7, 11) is 0. The standard InChI is InChI=1S/C22H23ClN2O3/c23-17-8-9-19(21(14-17)28-11-5-1-4-10-24)25-22(27)18-12-15-6-2-3-7-16(15)13-20(18)26/h2-3,6-9,12-14,26H,1,4-5,10-11,24H2,(H,25,27). The Labute approximate surface area is 169 Å². The van der Waals surface area contributed by atoms with Gasteiger partial charge in [-0.15, -0.1) is 0 Å². The average Bonchev–Trinajstić information content (AvgIpc) is 2.69. The minimum atomic E-state index is -0.418. The van der Waals surface area contributed by atoms with Crippen LogP contribution in [0.3, 0.4) is 0 Å². The summed E-state index contributed by atoms with van der Waals surface area (Å²) >= 11 is 6.07. The van der Waals surface area contributed by atoms with Crippen LogP contribution < -0.4 is 15.8 Å². The largest absolute Gasteiger partial charge is 0.507 e. The molecule has 146 valence electrons. The van der Waals surface area contributed by atoms with Crippen molar-refractivity contribution in [2.24, 2.45) is 5.73 Å². The van der Waals surface area contributed by atoms with Gasteiger partial charge >= 0.3 is 0 Å². The lowest BCUT2D eigenvalue weighted by Gasteiger charge is -2.14. The molecule has 0 fully saturated rings. The van der Waals surface area contributed by atoms with Crippen molar-refractivity contribution >= 4 is 34.0 Å². The molecule has 0 heterocycles. The Morgan fingerprint density at radius 1 is 1.04 bits per heavy atom. The summed E-state index contributed by atoms with van der Waals surface area (Å²) < 4.78 is 5.80. The van der Waals surface area contributed by atoms with Gasteiger partial charge in [0, 0.05) is 11.1 Å². The third kappa shape index (κ3) is 4.94. The summed E-state index contributed by atoms with van der Waals surface area (Å²) in [6, 6.07) is 15.8. The highest BCUT2D eigenvalue weighted by molar-refractivity contribution is 6.30. The van der Waals surface area contributed by atoms with Crippen LogP contribution >= 0.6 is 11.6 Å². The maximum atomic E-state index is 12.8. The lowest BCUT2D eigenvalue weighted by molar-refractivity contribution is 0.102. The van der Waals surface area contributed by atoms with Gasteiger partial charge < -0.3 is 20.9 Å². The first kappa shape index (κ1) is 20.0. The van der Waals surface area contributed by atoms with Crippen molar-refractivity contribution in [3.05, 3.63) is 65.2 Å². The van der Waals surface area contributed by atoms with Gasteiger partial charge in [-0.3, -0.25) is 4.79 Å². The fraction of sp³-hybridized carbons (Fsp3) is 0.227. The van der Waals surface area contributed by atoms with Gasteiger partial charge in [0.2, 0.25) is 0 Å². The van der Waals surface area contributed by atoms with Gasteiger partial charge in [-0.2, -0.15) is 0 Å². The molecule has 0 aromatic heterocycles. The van der Waals surface area contributed by atoms with E-state index in [1.165, 1.54) is 0 Å². The molecule has 3 aromatic carbocycles.